The van der Waals surface area contributed by atoms with Crippen LogP contribution >= 0.6 is 11.3 Å². The van der Waals surface area contributed by atoms with Crippen molar-refractivity contribution in [2.24, 2.45) is 0 Å². The maximum atomic E-state index is 11.2. The molecule has 0 saturated heterocycles. The molecule has 5 nitrogen and oxygen atoms in total. The van der Waals surface area contributed by atoms with E-state index in [1.807, 2.05) is 11.3 Å². The molecule has 25 heavy (non-hydrogen) atoms. The van der Waals surface area contributed by atoms with E-state index in [1.165, 1.54) is 10.4 Å². The monoisotopic (exact) mass is 380 g/mol. The highest BCUT2D eigenvalue weighted by Crippen LogP contribution is 2.36. The summed E-state index contributed by atoms with van der Waals surface area (Å²) in [6, 6.07) is 10.2. The lowest BCUT2D eigenvalue weighted by Crippen LogP contribution is -2.42. The molecule has 2 aromatic rings. The van der Waals surface area contributed by atoms with Gasteiger partial charge in [-0.05, 0) is 61.5 Å². The predicted molar refractivity (Wildman–Crippen MR) is 103 cm³/mol. The quantitative estimate of drug-likeness (QED) is 0.833. The van der Waals surface area contributed by atoms with Crippen molar-refractivity contribution in [1.82, 2.24) is 4.90 Å². The van der Waals surface area contributed by atoms with Gasteiger partial charge in [-0.15, -0.1) is 11.3 Å². The molecule has 1 aromatic carbocycles. The highest BCUT2D eigenvalue weighted by Gasteiger charge is 2.29. The van der Waals surface area contributed by atoms with E-state index in [0.717, 1.165) is 25.0 Å². The van der Waals surface area contributed by atoms with Crippen LogP contribution in [0.4, 0.5) is 5.69 Å². The van der Waals surface area contributed by atoms with Crippen LogP contribution in [-0.2, 0) is 16.4 Å². The number of hydrogen-bond donors (Lipinski definition) is 1. The Labute approximate surface area is 153 Å². The van der Waals surface area contributed by atoms with E-state index in [-0.39, 0.29) is 0 Å². The molecule has 3 rings (SSSR count). The number of rotatable bonds is 6. The molecule has 1 aromatic heterocycles. The Bertz CT molecular complexity index is 815. The molecular weight excluding hydrogens is 356 g/mol. The Hall–Kier alpha value is -1.57. The third-order valence-corrected chi connectivity index (χ3v) is 6.25. The smallest absolute Gasteiger partial charge is 0.229 e. The number of nitrogens with zero attached hydrogens (tertiary/aromatic N) is 1. The molecule has 0 bridgehead atoms. The summed E-state index contributed by atoms with van der Waals surface area (Å²) in [5.41, 5.74) is 2.02. The molecule has 0 spiro atoms. The highest BCUT2D eigenvalue weighted by atomic mass is 32.2. The van der Waals surface area contributed by atoms with Crippen LogP contribution in [0.5, 0.6) is 5.75 Å². The minimum absolute atomic E-state index is 0.420. The summed E-state index contributed by atoms with van der Waals surface area (Å²) in [5, 5.41) is 2.18. The minimum atomic E-state index is -3.25. The summed E-state index contributed by atoms with van der Waals surface area (Å²) in [6.07, 6.45) is 2.23. The van der Waals surface area contributed by atoms with E-state index in [0.29, 0.717) is 24.4 Å². The van der Waals surface area contributed by atoms with Crippen LogP contribution in [0.15, 0.2) is 35.7 Å². The van der Waals surface area contributed by atoms with Gasteiger partial charge in [-0.3, -0.25) is 9.62 Å². The summed E-state index contributed by atoms with van der Waals surface area (Å²) in [6.45, 7) is 6.00. The molecule has 1 aliphatic rings. The van der Waals surface area contributed by atoms with Crippen molar-refractivity contribution in [1.29, 1.82) is 0 Å². The average Bonchev–Trinajstić information content (AvgIpc) is 2.99. The van der Waals surface area contributed by atoms with Gasteiger partial charge in [-0.1, -0.05) is 0 Å². The first kappa shape index (κ1) is 18.2. The number of fused-ring (bicyclic) bond motifs is 1. The lowest BCUT2D eigenvalue weighted by atomic mass is 9.97. The third kappa shape index (κ3) is 4.54. The lowest BCUT2D eigenvalue weighted by Gasteiger charge is -2.38. The Balaban J connectivity index is 1.54. The second-order valence-electron chi connectivity index (χ2n) is 6.52. The number of anilines is 1. The lowest BCUT2D eigenvalue weighted by molar-refractivity contribution is 0.115. The van der Waals surface area contributed by atoms with E-state index in [2.05, 4.69) is 34.9 Å². The van der Waals surface area contributed by atoms with Crippen LogP contribution < -0.4 is 9.46 Å². The van der Waals surface area contributed by atoms with Crippen molar-refractivity contribution in [2.45, 2.75) is 32.4 Å². The molecular formula is C18H24N2O3S2. The van der Waals surface area contributed by atoms with Crippen molar-refractivity contribution in [2.75, 3.05) is 24.1 Å². The zero-order valence-corrected chi connectivity index (χ0v) is 16.4. The van der Waals surface area contributed by atoms with Gasteiger partial charge in [0.1, 0.15) is 12.4 Å². The molecule has 0 radical (unpaired) electrons. The van der Waals surface area contributed by atoms with Gasteiger partial charge < -0.3 is 4.74 Å². The van der Waals surface area contributed by atoms with Crippen LogP contribution in [0.25, 0.3) is 0 Å². The van der Waals surface area contributed by atoms with Crippen molar-refractivity contribution in [3.63, 3.8) is 0 Å². The maximum Gasteiger partial charge on any atom is 0.229 e. The summed E-state index contributed by atoms with van der Waals surface area (Å²) in [4.78, 5) is 3.95. The normalized spacial score (nSPS) is 20.9. The zero-order chi connectivity index (χ0) is 18.0. The van der Waals surface area contributed by atoms with Gasteiger partial charge in [-0.2, -0.15) is 0 Å². The van der Waals surface area contributed by atoms with Crippen molar-refractivity contribution < 1.29 is 13.2 Å². The number of benzene rings is 1. The Kier molecular flexibility index (Phi) is 5.36. The van der Waals surface area contributed by atoms with Gasteiger partial charge in [0.25, 0.3) is 0 Å². The van der Waals surface area contributed by atoms with Crippen molar-refractivity contribution in [3.05, 3.63) is 46.2 Å². The predicted octanol–water partition coefficient (Wildman–Crippen LogP) is 3.51. The fraction of sp³-hybridized carbons (Fsp3) is 0.444. The highest BCUT2D eigenvalue weighted by molar-refractivity contribution is 7.92. The van der Waals surface area contributed by atoms with Crippen molar-refractivity contribution in [3.8, 4) is 5.75 Å². The SMILES string of the molecule is C[C@@H]1Cc2ccsc2[C@H](C)N1CCOc1ccc(NS(C)(=O)=O)cc1. The van der Waals surface area contributed by atoms with Crippen LogP contribution in [0.2, 0.25) is 0 Å². The van der Waals surface area contributed by atoms with Crippen LogP contribution in [0.3, 0.4) is 0 Å². The fourth-order valence-electron chi connectivity index (χ4n) is 3.37. The van der Waals surface area contributed by atoms with E-state index in [9.17, 15) is 8.42 Å². The minimum Gasteiger partial charge on any atom is -0.492 e. The van der Waals surface area contributed by atoms with Crippen molar-refractivity contribution >= 4 is 27.0 Å². The molecule has 0 amide bonds. The Morgan fingerprint density at radius 1 is 1.24 bits per heavy atom. The van der Waals surface area contributed by atoms with Gasteiger partial charge in [0.05, 0.1) is 6.26 Å². The first-order chi connectivity index (χ1) is 11.8. The van der Waals surface area contributed by atoms with Gasteiger partial charge in [0.15, 0.2) is 0 Å². The summed E-state index contributed by atoms with van der Waals surface area (Å²) < 4.78 is 30.7. The number of thiophene rings is 1. The number of nitrogens with one attached hydrogen (secondary N) is 1. The molecule has 0 unspecified atom stereocenters. The summed E-state index contributed by atoms with van der Waals surface area (Å²) in [5.74, 6) is 0.744. The molecule has 7 heteroatoms. The zero-order valence-electron chi connectivity index (χ0n) is 14.7. The molecule has 136 valence electrons. The van der Waals surface area contributed by atoms with Gasteiger partial charge in [-0.25, -0.2) is 8.42 Å². The second-order valence-corrected chi connectivity index (χ2v) is 9.22. The van der Waals surface area contributed by atoms with E-state index >= 15 is 0 Å². The fourth-order valence-corrected chi connectivity index (χ4v) is 4.94. The van der Waals surface area contributed by atoms with Crippen LogP contribution in [-0.4, -0.2) is 38.8 Å². The molecule has 1 N–H and O–H groups in total. The van der Waals surface area contributed by atoms with E-state index < -0.39 is 10.0 Å². The molecule has 0 saturated carbocycles. The largest absolute Gasteiger partial charge is 0.492 e. The number of sulfonamides is 1. The molecule has 1 aliphatic heterocycles. The van der Waals surface area contributed by atoms with Gasteiger partial charge in [0.2, 0.25) is 10.0 Å². The number of ether oxygens (including phenoxy) is 1. The van der Waals surface area contributed by atoms with Crippen LogP contribution in [0, 0.1) is 0 Å². The number of hydrogen-bond acceptors (Lipinski definition) is 5. The molecule has 2 heterocycles. The van der Waals surface area contributed by atoms with Crippen LogP contribution in [0.1, 0.15) is 30.3 Å². The average molecular weight is 381 g/mol. The summed E-state index contributed by atoms with van der Waals surface area (Å²) >= 11 is 1.84. The third-order valence-electron chi connectivity index (χ3n) is 4.51. The van der Waals surface area contributed by atoms with E-state index in [4.69, 9.17) is 4.74 Å². The first-order valence-corrected chi connectivity index (χ1v) is 11.1. The molecule has 0 fully saturated rings. The second kappa shape index (κ2) is 7.35. The first-order valence-electron chi connectivity index (χ1n) is 8.36. The Morgan fingerprint density at radius 3 is 2.64 bits per heavy atom. The van der Waals surface area contributed by atoms with Gasteiger partial charge >= 0.3 is 0 Å². The molecule has 0 aliphatic carbocycles. The Morgan fingerprint density at radius 2 is 1.96 bits per heavy atom. The summed E-state index contributed by atoms with van der Waals surface area (Å²) in [7, 11) is -3.25. The molecule has 2 atom stereocenters. The van der Waals surface area contributed by atoms with E-state index in [1.54, 1.807) is 24.3 Å². The standard InChI is InChI=1S/C18H24N2O3S2/c1-13-12-15-8-11-24-18(15)14(2)20(13)9-10-23-17-6-4-16(5-7-17)19-25(3,21)22/h4-8,11,13-14,19H,9-10,12H2,1-3H3/t13-,14+/m1/s1. The maximum absolute atomic E-state index is 11.2. The topological polar surface area (TPSA) is 58.6 Å². The van der Waals surface area contributed by atoms with Gasteiger partial charge in [0, 0.05) is 29.2 Å².